The minimum atomic E-state index is -0.522. The fraction of sp³-hybridized carbons (Fsp3) is 0.0667. The second-order valence-electron chi connectivity index (χ2n) is 4.37. The normalized spacial score (nSPS) is 10.0. The number of benzene rings is 2. The Bertz CT molecular complexity index is 723. The Morgan fingerprint density at radius 3 is 2.39 bits per heavy atom. The maximum absolute atomic E-state index is 11.8. The number of carbonyl (C=O) groups excluding carboxylic acids is 2. The topological polar surface area (TPSA) is 67.4 Å². The molecule has 120 valence electrons. The molecule has 0 radical (unpaired) electrons. The number of ether oxygens (including phenoxy) is 1. The minimum Gasteiger partial charge on any atom is -0.482 e. The lowest BCUT2D eigenvalue weighted by molar-refractivity contribution is -0.123. The zero-order valence-electron chi connectivity index (χ0n) is 11.6. The third-order valence-corrected chi connectivity index (χ3v) is 3.72. The third kappa shape index (κ3) is 5.42. The van der Waals surface area contributed by atoms with E-state index >= 15 is 0 Å². The number of hydrazine groups is 1. The van der Waals surface area contributed by atoms with Gasteiger partial charge in [0.25, 0.3) is 11.8 Å². The fourth-order valence-corrected chi connectivity index (χ4v) is 2.43. The van der Waals surface area contributed by atoms with E-state index < -0.39 is 11.8 Å². The number of hydrogen-bond acceptors (Lipinski definition) is 3. The van der Waals surface area contributed by atoms with E-state index in [-0.39, 0.29) is 6.61 Å². The summed E-state index contributed by atoms with van der Waals surface area (Å²) in [5, 5.41) is 0.891. The van der Waals surface area contributed by atoms with Gasteiger partial charge in [-0.3, -0.25) is 20.4 Å². The lowest BCUT2D eigenvalue weighted by Gasteiger charge is -2.10. The van der Waals surface area contributed by atoms with E-state index in [1.165, 1.54) is 0 Å². The first-order valence-corrected chi connectivity index (χ1v) is 7.93. The van der Waals surface area contributed by atoms with Gasteiger partial charge in [0.2, 0.25) is 0 Å². The van der Waals surface area contributed by atoms with Crippen LogP contribution in [0.15, 0.2) is 46.9 Å². The number of amides is 2. The standard InChI is InChI=1S/C15H11BrCl2N2O3/c16-10-3-6-13(12(18)7-10)23-8-14(21)19-20-15(22)9-1-4-11(17)5-2-9/h1-7H,8H2,(H,19,21)(H,20,22). The van der Waals surface area contributed by atoms with Crippen LogP contribution in [0.3, 0.4) is 0 Å². The molecule has 0 aliphatic carbocycles. The molecule has 2 aromatic rings. The molecule has 0 fully saturated rings. The van der Waals surface area contributed by atoms with E-state index in [9.17, 15) is 9.59 Å². The second kappa shape index (κ2) is 8.19. The molecular formula is C15H11BrCl2N2O3. The van der Waals surface area contributed by atoms with Crippen LogP contribution < -0.4 is 15.6 Å². The van der Waals surface area contributed by atoms with Gasteiger partial charge in [-0.2, -0.15) is 0 Å². The first-order valence-electron chi connectivity index (χ1n) is 6.38. The minimum absolute atomic E-state index is 0.289. The molecule has 0 bridgehead atoms. The average Bonchev–Trinajstić information content (AvgIpc) is 2.52. The maximum atomic E-state index is 11.8. The van der Waals surface area contributed by atoms with Crippen LogP contribution in [0.25, 0.3) is 0 Å². The number of halogens is 3. The van der Waals surface area contributed by atoms with Gasteiger partial charge in [0.1, 0.15) is 5.75 Å². The van der Waals surface area contributed by atoms with Crippen molar-refractivity contribution in [3.63, 3.8) is 0 Å². The molecule has 2 amide bonds. The molecule has 0 saturated carbocycles. The van der Waals surface area contributed by atoms with E-state index in [4.69, 9.17) is 27.9 Å². The second-order valence-corrected chi connectivity index (χ2v) is 6.13. The molecule has 0 spiro atoms. The predicted octanol–water partition coefficient (Wildman–Crippen LogP) is 3.60. The molecule has 0 unspecified atom stereocenters. The summed E-state index contributed by atoms with van der Waals surface area (Å²) in [6, 6.07) is 11.3. The summed E-state index contributed by atoms with van der Waals surface area (Å²) in [6.07, 6.45) is 0. The highest BCUT2D eigenvalue weighted by Crippen LogP contribution is 2.27. The van der Waals surface area contributed by atoms with Crippen LogP contribution >= 0.6 is 39.1 Å². The van der Waals surface area contributed by atoms with Crippen LogP contribution in [-0.2, 0) is 4.79 Å². The SMILES string of the molecule is O=C(COc1ccc(Br)cc1Cl)NNC(=O)c1ccc(Cl)cc1. The molecule has 0 heterocycles. The highest BCUT2D eigenvalue weighted by atomic mass is 79.9. The first-order chi connectivity index (χ1) is 11.0. The Balaban J connectivity index is 1.81. The number of nitrogens with one attached hydrogen (secondary N) is 2. The van der Waals surface area contributed by atoms with E-state index in [1.807, 2.05) is 0 Å². The summed E-state index contributed by atoms with van der Waals surface area (Å²) in [4.78, 5) is 23.5. The molecule has 0 aromatic heterocycles. The van der Waals surface area contributed by atoms with Crippen molar-refractivity contribution in [2.24, 2.45) is 0 Å². The van der Waals surface area contributed by atoms with Crippen molar-refractivity contribution < 1.29 is 14.3 Å². The van der Waals surface area contributed by atoms with Crippen molar-refractivity contribution in [2.45, 2.75) is 0 Å². The molecule has 0 aliphatic heterocycles. The van der Waals surface area contributed by atoms with Gasteiger partial charge in [0.05, 0.1) is 5.02 Å². The molecule has 2 rings (SSSR count). The molecule has 2 N–H and O–H groups in total. The molecule has 0 saturated heterocycles. The summed E-state index contributed by atoms with van der Waals surface area (Å²) in [6.45, 7) is -0.289. The van der Waals surface area contributed by atoms with Gasteiger partial charge in [-0.15, -0.1) is 0 Å². The molecule has 23 heavy (non-hydrogen) atoms. The number of rotatable bonds is 4. The molecular weight excluding hydrogens is 407 g/mol. The van der Waals surface area contributed by atoms with Crippen molar-refractivity contribution in [1.29, 1.82) is 0 Å². The van der Waals surface area contributed by atoms with Gasteiger partial charge in [-0.25, -0.2) is 0 Å². The lowest BCUT2D eigenvalue weighted by atomic mass is 10.2. The van der Waals surface area contributed by atoms with Crippen LogP contribution in [0.5, 0.6) is 5.75 Å². The number of carbonyl (C=O) groups is 2. The Morgan fingerprint density at radius 1 is 1.04 bits per heavy atom. The quantitative estimate of drug-likeness (QED) is 0.747. The summed E-state index contributed by atoms with van der Waals surface area (Å²) in [5.74, 6) is -0.614. The largest absolute Gasteiger partial charge is 0.482 e. The number of hydrogen-bond donors (Lipinski definition) is 2. The predicted molar refractivity (Wildman–Crippen MR) is 91.7 cm³/mol. The van der Waals surface area contributed by atoms with Gasteiger partial charge in [-0.05, 0) is 42.5 Å². The fourth-order valence-electron chi connectivity index (χ4n) is 1.57. The zero-order valence-corrected chi connectivity index (χ0v) is 14.7. The molecule has 2 aromatic carbocycles. The van der Waals surface area contributed by atoms with Gasteiger partial charge in [0, 0.05) is 15.1 Å². The molecule has 0 aliphatic rings. The summed E-state index contributed by atoms with van der Waals surface area (Å²) in [7, 11) is 0. The Hall–Kier alpha value is -1.76. The maximum Gasteiger partial charge on any atom is 0.276 e. The Kier molecular flexibility index (Phi) is 6.27. The summed E-state index contributed by atoms with van der Waals surface area (Å²) >= 11 is 15.0. The van der Waals surface area contributed by atoms with E-state index in [0.29, 0.717) is 21.4 Å². The highest BCUT2D eigenvalue weighted by molar-refractivity contribution is 9.10. The Morgan fingerprint density at radius 2 is 1.74 bits per heavy atom. The van der Waals surface area contributed by atoms with Gasteiger partial charge in [-0.1, -0.05) is 39.1 Å². The van der Waals surface area contributed by atoms with Gasteiger partial charge in [0.15, 0.2) is 6.61 Å². The van der Waals surface area contributed by atoms with Crippen LogP contribution in [0, 0.1) is 0 Å². The van der Waals surface area contributed by atoms with Crippen molar-refractivity contribution in [2.75, 3.05) is 6.61 Å². The monoisotopic (exact) mass is 416 g/mol. The van der Waals surface area contributed by atoms with Crippen molar-refractivity contribution in [3.8, 4) is 5.75 Å². The third-order valence-electron chi connectivity index (χ3n) is 2.67. The summed E-state index contributed by atoms with van der Waals surface area (Å²) < 4.78 is 6.07. The van der Waals surface area contributed by atoms with Crippen LogP contribution in [-0.4, -0.2) is 18.4 Å². The van der Waals surface area contributed by atoms with E-state index in [1.54, 1.807) is 42.5 Å². The smallest absolute Gasteiger partial charge is 0.276 e. The molecule has 5 nitrogen and oxygen atoms in total. The van der Waals surface area contributed by atoms with E-state index in [0.717, 1.165) is 4.47 Å². The lowest BCUT2D eigenvalue weighted by Crippen LogP contribution is -2.43. The molecule has 8 heteroatoms. The highest BCUT2D eigenvalue weighted by Gasteiger charge is 2.09. The van der Waals surface area contributed by atoms with Crippen LogP contribution in [0.4, 0.5) is 0 Å². The molecule has 0 atom stereocenters. The van der Waals surface area contributed by atoms with Gasteiger partial charge >= 0.3 is 0 Å². The van der Waals surface area contributed by atoms with Crippen molar-refractivity contribution in [3.05, 3.63) is 62.5 Å². The Labute approximate surface area is 151 Å². The van der Waals surface area contributed by atoms with Crippen LogP contribution in [0.1, 0.15) is 10.4 Å². The van der Waals surface area contributed by atoms with Gasteiger partial charge < -0.3 is 4.74 Å². The first kappa shape index (κ1) is 17.6. The summed E-state index contributed by atoms with van der Waals surface area (Å²) in [5.41, 5.74) is 4.89. The van der Waals surface area contributed by atoms with Crippen molar-refractivity contribution in [1.82, 2.24) is 10.9 Å². The zero-order chi connectivity index (χ0) is 16.8. The average molecular weight is 418 g/mol. The van der Waals surface area contributed by atoms with E-state index in [2.05, 4.69) is 26.8 Å². The van der Waals surface area contributed by atoms with Crippen LogP contribution in [0.2, 0.25) is 10.0 Å². The van der Waals surface area contributed by atoms with Crippen molar-refractivity contribution >= 4 is 50.9 Å².